The number of benzene rings is 3. The fourth-order valence-corrected chi connectivity index (χ4v) is 4.21. The van der Waals surface area contributed by atoms with Gasteiger partial charge in [0.1, 0.15) is 10.7 Å². The minimum Gasteiger partial charge on any atom is -0.504 e. The molecule has 0 spiro atoms. The molecule has 0 fully saturated rings. The molecule has 0 radical (unpaired) electrons. The van der Waals surface area contributed by atoms with E-state index < -0.39 is 0 Å². The van der Waals surface area contributed by atoms with E-state index in [9.17, 15) is 9.90 Å². The molecule has 0 aliphatic carbocycles. The second-order valence-corrected chi connectivity index (χ2v) is 8.80. The van der Waals surface area contributed by atoms with Crippen molar-refractivity contribution in [2.75, 3.05) is 17.3 Å². The Balaban J connectivity index is 1.53. The highest BCUT2D eigenvalue weighted by atomic mass is 32.1. The molecule has 4 rings (SSSR count). The van der Waals surface area contributed by atoms with E-state index in [1.807, 2.05) is 68.4 Å². The maximum Gasteiger partial charge on any atom is 0.229 e. The highest BCUT2D eigenvalue weighted by Crippen LogP contribution is 2.36. The zero-order valence-electron chi connectivity index (χ0n) is 19.5. The second-order valence-electron chi connectivity index (χ2n) is 7.80. The Morgan fingerprint density at radius 1 is 1.11 bits per heavy atom. The number of rotatable bonds is 9. The van der Waals surface area contributed by atoms with Gasteiger partial charge in [-0.1, -0.05) is 71.5 Å². The van der Waals surface area contributed by atoms with E-state index in [2.05, 4.69) is 20.8 Å². The smallest absolute Gasteiger partial charge is 0.229 e. The van der Waals surface area contributed by atoms with E-state index in [0.29, 0.717) is 28.2 Å². The van der Waals surface area contributed by atoms with Crippen LogP contribution in [0.4, 0.5) is 10.1 Å². The number of aromatic hydroxyl groups is 1. The van der Waals surface area contributed by atoms with Crippen molar-refractivity contribution in [3.63, 3.8) is 0 Å². The van der Waals surface area contributed by atoms with Crippen LogP contribution in [-0.2, 0) is 11.2 Å². The van der Waals surface area contributed by atoms with E-state index in [4.69, 9.17) is 4.74 Å². The first kappa shape index (κ1) is 24.0. The summed E-state index contributed by atoms with van der Waals surface area (Å²) in [4.78, 5) is 17.4. The zero-order valence-corrected chi connectivity index (χ0v) is 20.3. The lowest BCUT2D eigenvalue weighted by Crippen LogP contribution is -2.14. The first-order valence-electron chi connectivity index (χ1n) is 11.2. The van der Waals surface area contributed by atoms with Gasteiger partial charge in [-0.2, -0.15) is 5.10 Å². The van der Waals surface area contributed by atoms with Gasteiger partial charge in [0.15, 0.2) is 11.5 Å². The van der Waals surface area contributed by atoms with E-state index in [1.165, 1.54) is 11.3 Å². The van der Waals surface area contributed by atoms with Crippen molar-refractivity contribution >= 4 is 33.6 Å². The molecule has 178 valence electrons. The van der Waals surface area contributed by atoms with Gasteiger partial charge < -0.3 is 15.2 Å². The standard InChI is InChI=1S/C27H26N4O3S/c1-3-34-23-15-20(11-14-22(23)32)17-28-31-27-30-25(21-12-9-18(2)10-13-21)26(35-27)29-24(33)16-19-7-5-4-6-8-19/h4-15,17,32H,3,16H2,1-2H3,(H,29,33)(H,30,31)/b28-17-. The number of carbonyl (C=O) groups excluding carboxylic acids is 1. The summed E-state index contributed by atoms with van der Waals surface area (Å²) in [6.07, 6.45) is 1.89. The van der Waals surface area contributed by atoms with Crippen LogP contribution in [0.25, 0.3) is 11.3 Å². The van der Waals surface area contributed by atoms with Gasteiger partial charge in [-0.25, -0.2) is 4.98 Å². The number of hydrogen-bond acceptors (Lipinski definition) is 7. The fourth-order valence-electron chi connectivity index (χ4n) is 3.36. The van der Waals surface area contributed by atoms with Gasteiger partial charge in [0.2, 0.25) is 11.0 Å². The molecule has 0 aliphatic rings. The molecule has 1 heterocycles. The van der Waals surface area contributed by atoms with Crippen LogP contribution >= 0.6 is 11.3 Å². The van der Waals surface area contributed by atoms with Crippen LogP contribution in [0.1, 0.15) is 23.6 Å². The van der Waals surface area contributed by atoms with Crippen molar-refractivity contribution in [2.24, 2.45) is 5.10 Å². The third kappa shape index (κ3) is 6.45. The molecule has 4 aromatic rings. The van der Waals surface area contributed by atoms with Gasteiger partial charge in [-0.05, 0) is 43.2 Å². The number of phenolic OH excluding ortho intramolecular Hbond substituents is 1. The number of nitrogens with zero attached hydrogens (tertiary/aromatic N) is 2. The average molecular weight is 487 g/mol. The molecular formula is C27H26N4O3S. The molecule has 0 unspecified atom stereocenters. The van der Waals surface area contributed by atoms with Crippen LogP contribution in [0.5, 0.6) is 11.5 Å². The van der Waals surface area contributed by atoms with Gasteiger partial charge in [-0.3, -0.25) is 10.2 Å². The van der Waals surface area contributed by atoms with Gasteiger partial charge >= 0.3 is 0 Å². The van der Waals surface area contributed by atoms with Gasteiger partial charge in [0, 0.05) is 5.56 Å². The first-order valence-corrected chi connectivity index (χ1v) is 12.0. The van der Waals surface area contributed by atoms with Crippen molar-refractivity contribution in [3.8, 4) is 22.8 Å². The third-order valence-electron chi connectivity index (χ3n) is 5.07. The summed E-state index contributed by atoms with van der Waals surface area (Å²) < 4.78 is 5.42. The lowest BCUT2D eigenvalue weighted by atomic mass is 10.1. The molecule has 0 saturated carbocycles. The van der Waals surface area contributed by atoms with E-state index in [0.717, 1.165) is 22.3 Å². The van der Waals surface area contributed by atoms with Crippen LogP contribution in [0.3, 0.4) is 0 Å². The van der Waals surface area contributed by atoms with Gasteiger partial charge in [-0.15, -0.1) is 0 Å². The quantitative estimate of drug-likeness (QED) is 0.204. The van der Waals surface area contributed by atoms with Crippen LogP contribution in [-0.4, -0.2) is 28.8 Å². The first-order chi connectivity index (χ1) is 17.0. The van der Waals surface area contributed by atoms with Gasteiger partial charge in [0.25, 0.3) is 0 Å². The molecule has 0 saturated heterocycles. The summed E-state index contributed by atoms with van der Waals surface area (Å²) in [7, 11) is 0. The number of hydrogen-bond donors (Lipinski definition) is 3. The number of amides is 1. The summed E-state index contributed by atoms with van der Waals surface area (Å²) in [6, 6.07) is 22.6. The number of aryl methyl sites for hydroxylation is 1. The largest absolute Gasteiger partial charge is 0.504 e. The zero-order chi connectivity index (χ0) is 24.6. The maximum atomic E-state index is 12.7. The number of carbonyl (C=O) groups is 1. The minimum absolute atomic E-state index is 0.0792. The summed E-state index contributed by atoms with van der Waals surface area (Å²) in [5, 5.41) is 18.3. The Bertz CT molecular complexity index is 1320. The molecule has 7 nitrogen and oxygen atoms in total. The topological polar surface area (TPSA) is 95.8 Å². The molecule has 0 aliphatic heterocycles. The Morgan fingerprint density at radius 3 is 2.63 bits per heavy atom. The summed E-state index contributed by atoms with van der Waals surface area (Å²) >= 11 is 1.31. The predicted octanol–water partition coefficient (Wildman–Crippen LogP) is 5.85. The Morgan fingerprint density at radius 2 is 1.89 bits per heavy atom. The predicted molar refractivity (Wildman–Crippen MR) is 142 cm³/mol. The Hall–Kier alpha value is -4.17. The summed E-state index contributed by atoms with van der Waals surface area (Å²) in [5.74, 6) is 0.363. The van der Waals surface area contributed by atoms with Crippen molar-refractivity contribution in [3.05, 3.63) is 89.5 Å². The van der Waals surface area contributed by atoms with Crippen LogP contribution in [0.15, 0.2) is 77.9 Å². The molecule has 1 amide bonds. The number of aromatic nitrogens is 1. The van der Waals surface area contributed by atoms with Crippen LogP contribution in [0, 0.1) is 6.92 Å². The monoisotopic (exact) mass is 486 g/mol. The highest BCUT2D eigenvalue weighted by Gasteiger charge is 2.16. The number of hydrazone groups is 1. The lowest BCUT2D eigenvalue weighted by molar-refractivity contribution is -0.115. The molecule has 0 bridgehead atoms. The molecular weight excluding hydrogens is 460 g/mol. The number of anilines is 2. The van der Waals surface area contributed by atoms with Crippen molar-refractivity contribution in [1.29, 1.82) is 0 Å². The third-order valence-corrected chi connectivity index (χ3v) is 5.95. The summed E-state index contributed by atoms with van der Waals surface area (Å²) in [5.41, 5.74) is 7.36. The normalized spacial score (nSPS) is 10.9. The molecule has 1 aromatic heterocycles. The van der Waals surface area contributed by atoms with E-state index in [1.54, 1.807) is 24.4 Å². The van der Waals surface area contributed by atoms with Crippen LogP contribution in [0.2, 0.25) is 0 Å². The van der Waals surface area contributed by atoms with E-state index in [-0.39, 0.29) is 18.1 Å². The number of phenols is 1. The van der Waals surface area contributed by atoms with Crippen molar-refractivity contribution in [1.82, 2.24) is 4.98 Å². The molecule has 0 atom stereocenters. The lowest BCUT2D eigenvalue weighted by Gasteiger charge is -2.06. The van der Waals surface area contributed by atoms with E-state index >= 15 is 0 Å². The van der Waals surface area contributed by atoms with Crippen molar-refractivity contribution < 1.29 is 14.6 Å². The van der Waals surface area contributed by atoms with Gasteiger partial charge in [0.05, 0.1) is 19.2 Å². The molecule has 35 heavy (non-hydrogen) atoms. The SMILES string of the molecule is CCOc1cc(/C=N\Nc2nc(-c3ccc(C)cc3)c(NC(=O)Cc3ccccc3)s2)ccc1O. The Kier molecular flexibility index (Phi) is 7.74. The number of thiazole rings is 1. The van der Waals surface area contributed by atoms with Crippen molar-refractivity contribution in [2.45, 2.75) is 20.3 Å². The average Bonchev–Trinajstić information content (AvgIpc) is 3.24. The molecule has 8 heteroatoms. The minimum atomic E-state index is -0.115. The molecule has 3 N–H and O–H groups in total. The van der Waals surface area contributed by atoms with Crippen LogP contribution < -0.4 is 15.5 Å². The second kappa shape index (κ2) is 11.3. The number of nitrogens with one attached hydrogen (secondary N) is 2. The summed E-state index contributed by atoms with van der Waals surface area (Å²) in [6.45, 7) is 4.33. The highest BCUT2D eigenvalue weighted by molar-refractivity contribution is 7.20. The fraction of sp³-hybridized carbons (Fsp3) is 0.148. The molecule has 3 aromatic carbocycles. The maximum absolute atomic E-state index is 12.7. The Labute approximate surface area is 208 Å². The number of ether oxygens (including phenoxy) is 1.